The number of carbonyl (C=O) groups is 1. The van der Waals surface area contributed by atoms with Crippen LogP contribution in [0.5, 0.6) is 11.5 Å². The van der Waals surface area contributed by atoms with Gasteiger partial charge >= 0.3 is 6.09 Å². The van der Waals surface area contributed by atoms with Crippen LogP contribution in [0.2, 0.25) is 5.02 Å². The summed E-state index contributed by atoms with van der Waals surface area (Å²) in [5.74, 6) is -1.56. The van der Waals surface area contributed by atoms with Gasteiger partial charge in [-0.2, -0.15) is 5.26 Å². The Hall–Kier alpha value is -2.92. The Kier molecular flexibility index (Phi) is 6.65. The van der Waals surface area contributed by atoms with Crippen LogP contribution in [0, 0.1) is 17.1 Å². The number of nitrogens with zero attached hydrogens (tertiary/aromatic N) is 2. The number of amides is 1. The van der Waals surface area contributed by atoms with Crippen molar-refractivity contribution in [2.24, 2.45) is 0 Å². The molecule has 1 N–H and O–H groups in total. The Morgan fingerprint density at radius 2 is 1.97 bits per heavy atom. The second kappa shape index (κ2) is 8.62. The molecule has 0 spiro atoms. The number of hydrogen-bond donors (Lipinski definition) is 1. The van der Waals surface area contributed by atoms with Crippen molar-refractivity contribution in [3.05, 3.63) is 57.9 Å². The first-order valence-electron chi connectivity index (χ1n) is 8.42. The number of nitriles is 1. The van der Waals surface area contributed by atoms with E-state index in [9.17, 15) is 18.7 Å². The highest BCUT2D eigenvalue weighted by atomic mass is 35.5. The summed E-state index contributed by atoms with van der Waals surface area (Å²) in [5.41, 5.74) is -1.36. The van der Waals surface area contributed by atoms with Crippen LogP contribution in [-0.4, -0.2) is 21.6 Å². The van der Waals surface area contributed by atoms with E-state index >= 15 is 4.39 Å². The van der Waals surface area contributed by atoms with E-state index in [4.69, 9.17) is 21.6 Å². The monoisotopic (exact) mass is 426 g/mol. The van der Waals surface area contributed by atoms with Crippen molar-refractivity contribution in [3.8, 4) is 17.6 Å². The molecule has 9 heteroatoms. The van der Waals surface area contributed by atoms with Gasteiger partial charge in [0, 0.05) is 16.7 Å². The third-order valence-electron chi connectivity index (χ3n) is 4.03. The molecule has 29 heavy (non-hydrogen) atoms. The van der Waals surface area contributed by atoms with E-state index in [2.05, 4.69) is 0 Å². The molecule has 2 rings (SSSR count). The molecule has 0 atom stereocenters. The second-order valence-electron chi connectivity index (χ2n) is 7.19. The number of hydrogen-bond acceptors (Lipinski definition) is 3. The highest BCUT2D eigenvalue weighted by Gasteiger charge is 2.28. The fraction of sp³-hybridized carbons (Fsp3) is 0.300. The molecule has 0 aliphatic rings. The van der Waals surface area contributed by atoms with Crippen molar-refractivity contribution in [3.63, 3.8) is 0 Å². The second-order valence-corrected chi connectivity index (χ2v) is 7.60. The molecular weight excluding hydrogens is 409 g/mol. The maximum absolute atomic E-state index is 15.0. The van der Waals surface area contributed by atoms with Crippen molar-refractivity contribution in [1.82, 2.24) is 4.90 Å². The number of halogens is 4. The summed E-state index contributed by atoms with van der Waals surface area (Å²) in [4.78, 5) is 12.6. The lowest BCUT2D eigenvalue weighted by molar-refractivity contribution is 0.0947. The molecule has 0 radical (unpaired) electrons. The Morgan fingerprint density at radius 1 is 1.31 bits per heavy atom. The maximum Gasteiger partial charge on any atom is 0.408 e. The fourth-order valence-electron chi connectivity index (χ4n) is 2.54. The highest BCUT2D eigenvalue weighted by molar-refractivity contribution is 6.32. The molecule has 1 amide bonds. The molecule has 0 unspecified atom stereocenters. The number of ether oxygens (including phenoxy) is 1. The van der Waals surface area contributed by atoms with Crippen LogP contribution < -0.4 is 4.74 Å². The van der Waals surface area contributed by atoms with E-state index in [1.165, 1.54) is 18.2 Å². The van der Waals surface area contributed by atoms with Gasteiger partial charge in [-0.15, -0.1) is 0 Å². The van der Waals surface area contributed by atoms with Crippen molar-refractivity contribution >= 4 is 17.7 Å². The van der Waals surface area contributed by atoms with Crippen LogP contribution in [-0.2, 0) is 6.54 Å². The Balaban J connectivity index is 2.46. The van der Waals surface area contributed by atoms with Gasteiger partial charge in [0.25, 0.3) is 6.43 Å². The minimum Gasteiger partial charge on any atom is -0.465 e. The molecule has 2 aromatic carbocycles. The van der Waals surface area contributed by atoms with Crippen LogP contribution in [0.4, 0.5) is 18.0 Å². The number of alkyl halides is 2. The van der Waals surface area contributed by atoms with Gasteiger partial charge in [0.1, 0.15) is 5.75 Å². The van der Waals surface area contributed by atoms with Gasteiger partial charge < -0.3 is 9.84 Å². The van der Waals surface area contributed by atoms with E-state index in [-0.39, 0.29) is 28.4 Å². The third-order valence-corrected chi connectivity index (χ3v) is 4.33. The van der Waals surface area contributed by atoms with Gasteiger partial charge in [-0.25, -0.2) is 18.0 Å². The Morgan fingerprint density at radius 3 is 2.48 bits per heavy atom. The topological polar surface area (TPSA) is 73.6 Å². The zero-order valence-corrected chi connectivity index (χ0v) is 16.6. The Bertz CT molecular complexity index is 969. The van der Waals surface area contributed by atoms with Crippen molar-refractivity contribution in [2.75, 3.05) is 0 Å². The van der Waals surface area contributed by atoms with Crippen LogP contribution in [0.3, 0.4) is 0 Å². The van der Waals surface area contributed by atoms with Crippen molar-refractivity contribution in [2.45, 2.75) is 39.3 Å². The average molecular weight is 427 g/mol. The van der Waals surface area contributed by atoms with Gasteiger partial charge in [0.05, 0.1) is 23.2 Å². The van der Waals surface area contributed by atoms with Gasteiger partial charge in [-0.3, -0.25) is 4.90 Å². The van der Waals surface area contributed by atoms with Crippen LogP contribution in [0.25, 0.3) is 0 Å². The minimum atomic E-state index is -2.85. The number of rotatable bonds is 5. The highest BCUT2D eigenvalue weighted by Crippen LogP contribution is 2.36. The summed E-state index contributed by atoms with van der Waals surface area (Å²) in [6.07, 6.45) is -4.09. The molecule has 0 aromatic heterocycles. The van der Waals surface area contributed by atoms with E-state index in [1.54, 1.807) is 26.8 Å². The molecule has 5 nitrogen and oxygen atoms in total. The number of carboxylic acid groups (broad SMARTS) is 1. The first-order chi connectivity index (χ1) is 13.4. The maximum atomic E-state index is 15.0. The van der Waals surface area contributed by atoms with E-state index < -0.39 is 35.2 Å². The molecule has 0 heterocycles. The summed E-state index contributed by atoms with van der Waals surface area (Å²) in [6.45, 7) is 4.70. The van der Waals surface area contributed by atoms with Gasteiger partial charge in [-0.05, 0) is 45.0 Å². The van der Waals surface area contributed by atoms with Gasteiger partial charge in [0.15, 0.2) is 11.6 Å². The van der Waals surface area contributed by atoms with E-state index in [1.807, 2.05) is 0 Å². The zero-order valence-electron chi connectivity index (χ0n) is 15.8. The lowest BCUT2D eigenvalue weighted by atomic mass is 10.0. The lowest BCUT2D eigenvalue weighted by Gasteiger charge is -2.33. The molecule has 0 bridgehead atoms. The quantitative estimate of drug-likeness (QED) is 0.603. The van der Waals surface area contributed by atoms with E-state index in [0.717, 1.165) is 17.0 Å². The summed E-state index contributed by atoms with van der Waals surface area (Å²) < 4.78 is 46.5. The largest absolute Gasteiger partial charge is 0.465 e. The van der Waals surface area contributed by atoms with Crippen LogP contribution >= 0.6 is 11.6 Å². The third kappa shape index (κ3) is 5.33. The smallest absolute Gasteiger partial charge is 0.408 e. The molecule has 0 saturated carbocycles. The molecule has 0 aliphatic carbocycles. The average Bonchev–Trinajstić information content (AvgIpc) is 2.62. The molecule has 154 valence electrons. The first-order valence-corrected chi connectivity index (χ1v) is 8.80. The zero-order chi connectivity index (χ0) is 21.9. The predicted octanol–water partition coefficient (Wildman–Crippen LogP) is 6.36. The molecule has 0 saturated heterocycles. The van der Waals surface area contributed by atoms with Gasteiger partial charge in [0.2, 0.25) is 0 Å². The van der Waals surface area contributed by atoms with Crippen LogP contribution in [0.15, 0.2) is 30.3 Å². The molecule has 0 aliphatic heterocycles. The Labute approximate surface area is 170 Å². The van der Waals surface area contributed by atoms with Crippen LogP contribution in [0.1, 0.15) is 43.9 Å². The summed E-state index contributed by atoms with van der Waals surface area (Å²) >= 11 is 6.01. The minimum absolute atomic E-state index is 0.00718. The molecule has 2 aromatic rings. The fourth-order valence-corrected chi connectivity index (χ4v) is 2.72. The predicted molar refractivity (Wildman–Crippen MR) is 101 cm³/mol. The normalized spacial score (nSPS) is 11.3. The molecule has 0 fully saturated rings. The van der Waals surface area contributed by atoms with Crippen molar-refractivity contribution in [1.29, 1.82) is 5.26 Å². The standard InChI is InChI=1S/C20H18ClF3N2O3/c1-20(2,3)26(19(27)28)10-12-4-5-15(21)17(16(12)22)29-14-7-11(9-25)6-13(8-14)18(23)24/h4-8,18H,10H2,1-3H3,(H,27,28). The number of benzene rings is 2. The summed E-state index contributed by atoms with van der Waals surface area (Å²) in [5, 5.41) is 18.3. The van der Waals surface area contributed by atoms with Gasteiger partial charge in [-0.1, -0.05) is 17.7 Å². The SMILES string of the molecule is CC(C)(C)N(Cc1ccc(Cl)c(Oc2cc(C#N)cc(C(F)F)c2)c1F)C(=O)O. The van der Waals surface area contributed by atoms with Crippen molar-refractivity contribution < 1.29 is 27.8 Å². The van der Waals surface area contributed by atoms with E-state index in [0.29, 0.717) is 0 Å². The summed E-state index contributed by atoms with van der Waals surface area (Å²) in [7, 11) is 0. The first kappa shape index (κ1) is 22.4. The summed E-state index contributed by atoms with van der Waals surface area (Å²) in [6, 6.07) is 7.53. The lowest BCUT2D eigenvalue weighted by Crippen LogP contribution is -2.44. The molecular formula is C20H18ClF3N2O3.